The van der Waals surface area contributed by atoms with E-state index in [4.69, 9.17) is 9.88 Å². The molecule has 116 valence electrons. The molecule has 0 bridgehead atoms. The zero-order valence-electron chi connectivity index (χ0n) is 11.6. The van der Waals surface area contributed by atoms with Gasteiger partial charge in [0.25, 0.3) is 5.91 Å². The number of nitrogens with two attached hydrogens (primary N) is 1. The highest BCUT2D eigenvalue weighted by Crippen LogP contribution is 2.19. The van der Waals surface area contributed by atoms with Gasteiger partial charge in [0.15, 0.2) is 0 Å². The lowest BCUT2D eigenvalue weighted by atomic mass is 10.1. The van der Waals surface area contributed by atoms with E-state index >= 15 is 0 Å². The molecule has 21 heavy (non-hydrogen) atoms. The van der Waals surface area contributed by atoms with Gasteiger partial charge in [-0.05, 0) is 37.5 Å². The van der Waals surface area contributed by atoms with E-state index in [0.717, 1.165) is 25.0 Å². The van der Waals surface area contributed by atoms with Crippen molar-refractivity contribution in [3.63, 3.8) is 0 Å². The molecule has 1 unspecified atom stereocenters. The summed E-state index contributed by atoms with van der Waals surface area (Å²) in [6.45, 7) is 2.28. The molecule has 3 N–H and O–H groups in total. The van der Waals surface area contributed by atoms with Crippen LogP contribution in [0.25, 0.3) is 0 Å². The summed E-state index contributed by atoms with van der Waals surface area (Å²) in [5, 5.41) is 7.56. The number of hydrogen-bond acceptors (Lipinski definition) is 4. The lowest BCUT2D eigenvalue weighted by molar-refractivity contribution is 0.0854. The molecule has 1 aromatic carbocycles. The van der Waals surface area contributed by atoms with Crippen LogP contribution >= 0.6 is 0 Å². The van der Waals surface area contributed by atoms with Gasteiger partial charge in [-0.15, -0.1) is 0 Å². The van der Waals surface area contributed by atoms with Crippen molar-refractivity contribution in [1.29, 1.82) is 0 Å². The minimum absolute atomic E-state index is 0.0452. The summed E-state index contributed by atoms with van der Waals surface area (Å²) in [6, 6.07) is 2.05. The molecule has 1 aliphatic heterocycles. The molecule has 1 amide bonds. The van der Waals surface area contributed by atoms with E-state index in [2.05, 4.69) is 5.32 Å². The van der Waals surface area contributed by atoms with Crippen LogP contribution in [0.4, 0.5) is 4.39 Å². The Morgan fingerprint density at radius 3 is 2.81 bits per heavy atom. The summed E-state index contributed by atoms with van der Waals surface area (Å²) in [4.78, 5) is 11.7. The van der Waals surface area contributed by atoms with Crippen LogP contribution < -0.4 is 10.5 Å². The second kappa shape index (κ2) is 6.08. The molecule has 0 saturated carbocycles. The minimum Gasteiger partial charge on any atom is -0.376 e. The molecule has 1 heterocycles. The number of hydrogen-bond donors (Lipinski definition) is 2. The minimum atomic E-state index is -4.00. The Kier molecular flexibility index (Phi) is 4.60. The molecule has 1 atom stereocenters. The van der Waals surface area contributed by atoms with Crippen LogP contribution in [-0.2, 0) is 14.8 Å². The Hall–Kier alpha value is -1.51. The SMILES string of the molecule is Cc1cc(S(N)(=O)=O)cc(C(=O)NCC2CCCO2)c1F. The Morgan fingerprint density at radius 1 is 1.52 bits per heavy atom. The maximum absolute atomic E-state index is 14.0. The molecule has 0 aliphatic carbocycles. The van der Waals surface area contributed by atoms with Crippen molar-refractivity contribution >= 4 is 15.9 Å². The first-order valence-electron chi connectivity index (χ1n) is 6.52. The van der Waals surface area contributed by atoms with Crippen molar-refractivity contribution in [2.75, 3.05) is 13.2 Å². The van der Waals surface area contributed by atoms with Crippen LogP contribution in [0.3, 0.4) is 0 Å². The first-order chi connectivity index (χ1) is 9.79. The van der Waals surface area contributed by atoms with Gasteiger partial charge in [-0.25, -0.2) is 17.9 Å². The monoisotopic (exact) mass is 316 g/mol. The maximum Gasteiger partial charge on any atom is 0.254 e. The number of amides is 1. The summed E-state index contributed by atoms with van der Waals surface area (Å²) in [5.41, 5.74) is -0.291. The predicted octanol–water partition coefficient (Wildman–Crippen LogP) is 0.690. The molecule has 8 heteroatoms. The molecule has 1 aliphatic rings. The molecule has 6 nitrogen and oxygen atoms in total. The number of ether oxygens (including phenoxy) is 1. The fourth-order valence-electron chi connectivity index (χ4n) is 2.17. The Bertz CT molecular complexity index is 654. The van der Waals surface area contributed by atoms with Gasteiger partial charge in [0.1, 0.15) is 5.82 Å². The van der Waals surface area contributed by atoms with Gasteiger partial charge in [0.2, 0.25) is 10.0 Å². The first kappa shape index (κ1) is 15.9. The van der Waals surface area contributed by atoms with E-state index in [-0.39, 0.29) is 28.7 Å². The molecule has 1 fully saturated rings. The summed E-state index contributed by atoms with van der Waals surface area (Å²) < 4.78 is 42.0. The van der Waals surface area contributed by atoms with Gasteiger partial charge < -0.3 is 10.1 Å². The number of primary sulfonamides is 1. The second-order valence-corrected chi connectivity index (χ2v) is 6.55. The highest BCUT2D eigenvalue weighted by molar-refractivity contribution is 7.89. The van der Waals surface area contributed by atoms with Crippen molar-refractivity contribution < 1.29 is 22.3 Å². The molecule has 0 aromatic heterocycles. The number of halogens is 1. The van der Waals surface area contributed by atoms with Crippen molar-refractivity contribution in [2.24, 2.45) is 5.14 Å². The Morgan fingerprint density at radius 2 is 2.24 bits per heavy atom. The van der Waals surface area contributed by atoms with E-state index in [1.807, 2.05) is 0 Å². The third-order valence-electron chi connectivity index (χ3n) is 3.32. The third-order valence-corrected chi connectivity index (χ3v) is 4.21. The van der Waals surface area contributed by atoms with Crippen molar-refractivity contribution in [3.05, 3.63) is 29.1 Å². The number of rotatable bonds is 4. The second-order valence-electron chi connectivity index (χ2n) is 4.99. The Labute approximate surface area is 122 Å². The predicted molar refractivity (Wildman–Crippen MR) is 73.8 cm³/mol. The van der Waals surface area contributed by atoms with Crippen molar-refractivity contribution in [2.45, 2.75) is 30.8 Å². The van der Waals surface area contributed by atoms with Crippen LogP contribution in [0.1, 0.15) is 28.8 Å². The average Bonchev–Trinajstić information content (AvgIpc) is 2.91. The zero-order chi connectivity index (χ0) is 15.6. The first-order valence-corrected chi connectivity index (χ1v) is 8.06. The summed E-state index contributed by atoms with van der Waals surface area (Å²) in [6.07, 6.45) is 1.67. The molecular formula is C13H17FN2O4S. The normalized spacial score (nSPS) is 18.7. The maximum atomic E-state index is 14.0. The largest absolute Gasteiger partial charge is 0.376 e. The topological polar surface area (TPSA) is 98.5 Å². The molecule has 1 aromatic rings. The van der Waals surface area contributed by atoms with Gasteiger partial charge in [-0.3, -0.25) is 4.79 Å². The van der Waals surface area contributed by atoms with Crippen LogP contribution in [0.5, 0.6) is 0 Å². The zero-order valence-corrected chi connectivity index (χ0v) is 12.4. The fourth-order valence-corrected chi connectivity index (χ4v) is 2.80. The number of carbonyl (C=O) groups excluding carboxylic acids is 1. The molecule has 2 rings (SSSR count). The number of benzene rings is 1. The van der Waals surface area contributed by atoms with E-state index in [9.17, 15) is 17.6 Å². The van der Waals surface area contributed by atoms with Crippen LogP contribution in [0.15, 0.2) is 17.0 Å². The molecule has 0 radical (unpaired) electrons. The van der Waals surface area contributed by atoms with Crippen LogP contribution in [0.2, 0.25) is 0 Å². The Balaban J connectivity index is 2.21. The van der Waals surface area contributed by atoms with Crippen LogP contribution in [0, 0.1) is 12.7 Å². The molecular weight excluding hydrogens is 299 g/mol. The van der Waals surface area contributed by atoms with Gasteiger partial charge in [-0.2, -0.15) is 0 Å². The summed E-state index contributed by atoms with van der Waals surface area (Å²) in [7, 11) is -4.00. The van der Waals surface area contributed by atoms with Gasteiger partial charge in [0, 0.05) is 13.2 Å². The smallest absolute Gasteiger partial charge is 0.254 e. The highest BCUT2D eigenvalue weighted by atomic mass is 32.2. The fraction of sp³-hybridized carbons (Fsp3) is 0.462. The van der Waals surface area contributed by atoms with Crippen LogP contribution in [-0.4, -0.2) is 33.6 Å². The number of aryl methyl sites for hydroxylation is 1. The van der Waals surface area contributed by atoms with Gasteiger partial charge in [0.05, 0.1) is 16.6 Å². The van der Waals surface area contributed by atoms with Crippen molar-refractivity contribution in [1.82, 2.24) is 5.32 Å². The molecule has 1 saturated heterocycles. The lowest BCUT2D eigenvalue weighted by Gasteiger charge is -2.12. The highest BCUT2D eigenvalue weighted by Gasteiger charge is 2.21. The van der Waals surface area contributed by atoms with E-state index in [0.29, 0.717) is 6.61 Å². The molecule has 0 spiro atoms. The number of carbonyl (C=O) groups is 1. The van der Waals surface area contributed by atoms with Gasteiger partial charge in [-0.1, -0.05) is 0 Å². The van der Waals surface area contributed by atoms with Crippen molar-refractivity contribution in [3.8, 4) is 0 Å². The third kappa shape index (κ3) is 3.78. The number of nitrogens with one attached hydrogen (secondary N) is 1. The average molecular weight is 316 g/mol. The quantitative estimate of drug-likeness (QED) is 0.854. The van der Waals surface area contributed by atoms with Gasteiger partial charge >= 0.3 is 0 Å². The van der Waals surface area contributed by atoms with E-state index < -0.39 is 21.7 Å². The summed E-state index contributed by atoms with van der Waals surface area (Å²) >= 11 is 0. The van der Waals surface area contributed by atoms with E-state index in [1.54, 1.807) is 0 Å². The standard InChI is InChI=1S/C13H17FN2O4S/c1-8-5-10(21(15,18)19)6-11(12(8)14)13(17)16-7-9-3-2-4-20-9/h5-6,9H,2-4,7H2,1H3,(H,16,17)(H2,15,18,19). The summed E-state index contributed by atoms with van der Waals surface area (Å²) in [5.74, 6) is -1.44. The lowest BCUT2D eigenvalue weighted by Crippen LogP contribution is -2.32. The number of sulfonamides is 1. The van der Waals surface area contributed by atoms with E-state index in [1.165, 1.54) is 6.92 Å².